The van der Waals surface area contributed by atoms with Crippen molar-refractivity contribution in [2.75, 3.05) is 20.6 Å². The molecule has 1 heterocycles. The van der Waals surface area contributed by atoms with Crippen molar-refractivity contribution in [1.82, 2.24) is 14.9 Å². The van der Waals surface area contributed by atoms with Crippen molar-refractivity contribution < 1.29 is 5.11 Å². The molecule has 2 rings (SSSR count). The number of nitrogens with zero attached hydrogens (tertiary/aromatic N) is 2. The van der Waals surface area contributed by atoms with Gasteiger partial charge in [-0.1, -0.05) is 28.1 Å². The average Bonchev–Trinajstić information content (AvgIpc) is 2.35. The van der Waals surface area contributed by atoms with Gasteiger partial charge < -0.3 is 15.0 Å². The molecule has 6 heteroatoms. The zero-order valence-electron chi connectivity index (χ0n) is 11.4. The highest BCUT2D eigenvalue weighted by molar-refractivity contribution is 9.10. The summed E-state index contributed by atoms with van der Waals surface area (Å²) >= 11 is 3.34. The first-order valence-corrected chi connectivity index (χ1v) is 6.99. The Hall–Kier alpha value is -1.66. The SMILES string of the molecule is CN(C)CCc1nc(O)c(-c2cccc(Br)c2)c(=O)[nH]1. The van der Waals surface area contributed by atoms with E-state index in [0.717, 1.165) is 11.0 Å². The summed E-state index contributed by atoms with van der Waals surface area (Å²) in [5.74, 6) is 0.251. The quantitative estimate of drug-likeness (QED) is 0.895. The van der Waals surface area contributed by atoms with Gasteiger partial charge in [0.05, 0.1) is 0 Å². The van der Waals surface area contributed by atoms with E-state index in [-0.39, 0.29) is 17.0 Å². The Morgan fingerprint density at radius 3 is 2.75 bits per heavy atom. The molecule has 0 fully saturated rings. The minimum absolute atomic E-state index is 0.194. The second-order valence-corrected chi connectivity index (χ2v) is 5.69. The van der Waals surface area contributed by atoms with Crippen LogP contribution in [-0.4, -0.2) is 40.6 Å². The van der Waals surface area contributed by atoms with Crippen molar-refractivity contribution in [3.8, 4) is 17.0 Å². The van der Waals surface area contributed by atoms with Gasteiger partial charge in [-0.05, 0) is 31.8 Å². The summed E-state index contributed by atoms with van der Waals surface area (Å²) in [6, 6.07) is 7.19. The maximum atomic E-state index is 12.1. The summed E-state index contributed by atoms with van der Waals surface area (Å²) in [4.78, 5) is 20.9. The van der Waals surface area contributed by atoms with E-state index < -0.39 is 0 Å². The van der Waals surface area contributed by atoms with Gasteiger partial charge in [0, 0.05) is 17.4 Å². The van der Waals surface area contributed by atoms with E-state index in [2.05, 4.69) is 25.9 Å². The summed E-state index contributed by atoms with van der Waals surface area (Å²) < 4.78 is 0.838. The lowest BCUT2D eigenvalue weighted by Gasteiger charge is -2.10. The monoisotopic (exact) mass is 337 g/mol. The average molecular weight is 338 g/mol. The van der Waals surface area contributed by atoms with Crippen LogP contribution in [0.4, 0.5) is 0 Å². The van der Waals surface area contributed by atoms with Gasteiger partial charge in [-0.2, -0.15) is 4.98 Å². The molecule has 0 unspecified atom stereocenters. The molecule has 0 spiro atoms. The first kappa shape index (κ1) is 14.7. The van der Waals surface area contributed by atoms with Crippen molar-refractivity contribution in [3.05, 3.63) is 44.9 Å². The van der Waals surface area contributed by atoms with Crippen molar-refractivity contribution >= 4 is 15.9 Å². The lowest BCUT2D eigenvalue weighted by molar-refractivity contribution is 0.404. The molecule has 0 bridgehead atoms. The molecule has 0 atom stereocenters. The Kier molecular flexibility index (Phi) is 4.57. The number of aromatic hydroxyl groups is 1. The summed E-state index contributed by atoms with van der Waals surface area (Å²) in [6.07, 6.45) is 0.578. The summed E-state index contributed by atoms with van der Waals surface area (Å²) in [5.41, 5.74) is 0.494. The number of halogens is 1. The Bertz CT molecular complexity index is 668. The van der Waals surface area contributed by atoms with Gasteiger partial charge in [-0.25, -0.2) is 0 Å². The van der Waals surface area contributed by atoms with E-state index >= 15 is 0 Å². The highest BCUT2D eigenvalue weighted by Crippen LogP contribution is 2.25. The van der Waals surface area contributed by atoms with Gasteiger partial charge in [-0.3, -0.25) is 4.79 Å². The van der Waals surface area contributed by atoms with Crippen LogP contribution in [0.5, 0.6) is 5.88 Å². The molecule has 0 radical (unpaired) electrons. The molecule has 0 aliphatic heterocycles. The molecule has 0 aliphatic rings. The zero-order chi connectivity index (χ0) is 14.7. The fourth-order valence-corrected chi connectivity index (χ4v) is 2.26. The Labute approximate surface area is 125 Å². The van der Waals surface area contributed by atoms with Crippen LogP contribution in [0.25, 0.3) is 11.1 Å². The largest absolute Gasteiger partial charge is 0.493 e. The highest BCUT2D eigenvalue weighted by atomic mass is 79.9. The molecular weight excluding hydrogens is 322 g/mol. The molecular formula is C14H16BrN3O2. The molecule has 2 N–H and O–H groups in total. The number of likely N-dealkylation sites (N-methyl/N-ethyl adjacent to an activating group) is 1. The van der Waals surface area contributed by atoms with Crippen molar-refractivity contribution in [1.29, 1.82) is 0 Å². The summed E-state index contributed by atoms with van der Waals surface area (Å²) in [7, 11) is 3.88. The van der Waals surface area contributed by atoms with Crippen molar-refractivity contribution in [2.24, 2.45) is 0 Å². The molecule has 0 saturated carbocycles. The third-order valence-electron chi connectivity index (χ3n) is 2.86. The maximum Gasteiger partial charge on any atom is 0.262 e. The molecule has 0 aliphatic carbocycles. The van der Waals surface area contributed by atoms with Crippen LogP contribution in [0.15, 0.2) is 33.5 Å². The normalized spacial score (nSPS) is 11.0. The van der Waals surface area contributed by atoms with Crippen LogP contribution in [-0.2, 0) is 6.42 Å². The van der Waals surface area contributed by atoms with E-state index in [9.17, 15) is 9.90 Å². The smallest absolute Gasteiger partial charge is 0.262 e. The topological polar surface area (TPSA) is 69.2 Å². The first-order valence-electron chi connectivity index (χ1n) is 6.20. The molecule has 20 heavy (non-hydrogen) atoms. The molecule has 106 valence electrons. The van der Waals surface area contributed by atoms with Crippen LogP contribution in [0.3, 0.4) is 0 Å². The predicted octanol–water partition coefficient (Wildman–Crippen LogP) is 2.01. The maximum absolute atomic E-state index is 12.1. The molecule has 1 aromatic heterocycles. The van der Waals surface area contributed by atoms with Crippen molar-refractivity contribution in [2.45, 2.75) is 6.42 Å². The van der Waals surface area contributed by atoms with Gasteiger partial charge >= 0.3 is 0 Å². The summed E-state index contributed by atoms with van der Waals surface area (Å²) in [5, 5.41) is 10.0. The number of aromatic nitrogens is 2. The van der Waals surface area contributed by atoms with E-state index in [1.165, 1.54) is 0 Å². The highest BCUT2D eigenvalue weighted by Gasteiger charge is 2.13. The van der Waals surface area contributed by atoms with Crippen LogP contribution < -0.4 is 5.56 Å². The van der Waals surface area contributed by atoms with Crippen molar-refractivity contribution in [3.63, 3.8) is 0 Å². The Morgan fingerprint density at radius 2 is 2.15 bits per heavy atom. The van der Waals surface area contributed by atoms with E-state index in [1.807, 2.05) is 25.1 Å². The predicted molar refractivity (Wildman–Crippen MR) is 81.9 cm³/mol. The Morgan fingerprint density at radius 1 is 1.40 bits per heavy atom. The zero-order valence-corrected chi connectivity index (χ0v) is 12.9. The number of H-pyrrole nitrogens is 1. The van der Waals surface area contributed by atoms with Gasteiger partial charge in [0.15, 0.2) is 0 Å². The third-order valence-corrected chi connectivity index (χ3v) is 3.35. The summed E-state index contributed by atoms with van der Waals surface area (Å²) in [6.45, 7) is 0.749. The molecule has 5 nitrogen and oxygen atoms in total. The van der Waals surface area contributed by atoms with Gasteiger partial charge in [0.25, 0.3) is 5.56 Å². The van der Waals surface area contributed by atoms with E-state index in [1.54, 1.807) is 18.2 Å². The van der Waals surface area contributed by atoms with Crippen LogP contribution in [0.2, 0.25) is 0 Å². The minimum atomic E-state index is -0.329. The fraction of sp³-hybridized carbons (Fsp3) is 0.286. The second kappa shape index (κ2) is 6.19. The third kappa shape index (κ3) is 3.46. The lowest BCUT2D eigenvalue weighted by Crippen LogP contribution is -2.20. The van der Waals surface area contributed by atoms with E-state index in [4.69, 9.17) is 0 Å². The Balaban J connectivity index is 2.39. The number of benzene rings is 1. The minimum Gasteiger partial charge on any atom is -0.493 e. The number of rotatable bonds is 4. The molecule has 1 aromatic carbocycles. The molecule has 0 amide bonds. The number of hydrogen-bond donors (Lipinski definition) is 2. The van der Waals surface area contributed by atoms with Crippen LogP contribution in [0, 0.1) is 0 Å². The standard InChI is InChI=1S/C14H16BrN3O2/c1-18(2)7-6-11-16-13(19)12(14(20)17-11)9-4-3-5-10(15)8-9/h3-5,8H,6-7H2,1-2H3,(H2,16,17,19,20). The van der Waals surface area contributed by atoms with Gasteiger partial charge in [0.1, 0.15) is 11.4 Å². The second-order valence-electron chi connectivity index (χ2n) is 4.77. The van der Waals surface area contributed by atoms with E-state index in [0.29, 0.717) is 17.8 Å². The molecule has 2 aromatic rings. The van der Waals surface area contributed by atoms with Crippen LogP contribution >= 0.6 is 15.9 Å². The first-order chi connectivity index (χ1) is 9.47. The lowest BCUT2D eigenvalue weighted by atomic mass is 10.1. The number of aromatic amines is 1. The van der Waals surface area contributed by atoms with Crippen LogP contribution in [0.1, 0.15) is 5.82 Å². The number of nitrogens with one attached hydrogen (secondary N) is 1. The fourth-order valence-electron chi connectivity index (χ4n) is 1.86. The molecule has 0 saturated heterocycles. The van der Waals surface area contributed by atoms with Gasteiger partial charge in [0.2, 0.25) is 5.88 Å². The van der Waals surface area contributed by atoms with Gasteiger partial charge in [-0.15, -0.1) is 0 Å². The number of hydrogen-bond acceptors (Lipinski definition) is 4.